The van der Waals surface area contributed by atoms with E-state index in [-0.39, 0.29) is 6.04 Å². The zero-order valence-electron chi connectivity index (χ0n) is 11.2. The standard InChI is InChI=1S/C15H16BrNO2S/c1-2-17-15(11-8-20-9-12(11)16)10-3-4-13-14(7-10)19-6-5-18-13/h3-4,7-9,15,17H,2,5-6H2,1H3. The fraction of sp³-hybridized carbons (Fsp3) is 0.333. The van der Waals surface area contributed by atoms with E-state index in [0.717, 1.165) is 22.5 Å². The summed E-state index contributed by atoms with van der Waals surface area (Å²) in [5.41, 5.74) is 2.45. The van der Waals surface area contributed by atoms with Gasteiger partial charge in [0.1, 0.15) is 13.2 Å². The first-order valence-corrected chi connectivity index (χ1v) is 8.37. The van der Waals surface area contributed by atoms with Gasteiger partial charge >= 0.3 is 0 Å². The maximum absolute atomic E-state index is 5.68. The Morgan fingerprint density at radius 3 is 2.75 bits per heavy atom. The predicted octanol–water partition coefficient (Wildman–Crippen LogP) is 3.98. The second kappa shape index (κ2) is 6.16. The number of thiophene rings is 1. The number of benzene rings is 1. The first-order valence-electron chi connectivity index (χ1n) is 6.64. The van der Waals surface area contributed by atoms with Gasteiger partial charge < -0.3 is 14.8 Å². The highest BCUT2D eigenvalue weighted by Gasteiger charge is 2.20. The van der Waals surface area contributed by atoms with Crippen molar-refractivity contribution in [2.75, 3.05) is 19.8 Å². The number of hydrogen-bond acceptors (Lipinski definition) is 4. The number of ether oxygens (including phenoxy) is 2. The molecule has 0 radical (unpaired) electrons. The molecule has 20 heavy (non-hydrogen) atoms. The van der Waals surface area contributed by atoms with Gasteiger partial charge in [-0.15, -0.1) is 0 Å². The van der Waals surface area contributed by atoms with E-state index in [1.807, 2.05) is 6.07 Å². The van der Waals surface area contributed by atoms with Crippen LogP contribution in [0.15, 0.2) is 33.4 Å². The van der Waals surface area contributed by atoms with Crippen molar-refractivity contribution in [1.82, 2.24) is 5.32 Å². The SMILES string of the molecule is CCNC(c1ccc2c(c1)OCCO2)c1cscc1Br. The first kappa shape index (κ1) is 13.9. The monoisotopic (exact) mass is 353 g/mol. The topological polar surface area (TPSA) is 30.5 Å². The number of hydrogen-bond donors (Lipinski definition) is 1. The highest BCUT2D eigenvalue weighted by atomic mass is 79.9. The second-order valence-corrected chi connectivity index (χ2v) is 6.17. The summed E-state index contributed by atoms with van der Waals surface area (Å²) in [6.45, 7) is 4.26. The molecule has 1 aromatic heterocycles. The normalized spacial score (nSPS) is 15.1. The van der Waals surface area contributed by atoms with E-state index >= 15 is 0 Å². The Hall–Kier alpha value is -1.04. The molecule has 2 heterocycles. The Bertz CT molecular complexity index is 599. The van der Waals surface area contributed by atoms with E-state index < -0.39 is 0 Å². The van der Waals surface area contributed by atoms with E-state index in [9.17, 15) is 0 Å². The van der Waals surface area contributed by atoms with Gasteiger partial charge in [0.05, 0.1) is 6.04 Å². The molecule has 1 aliphatic heterocycles. The molecule has 1 atom stereocenters. The zero-order chi connectivity index (χ0) is 13.9. The van der Waals surface area contributed by atoms with E-state index in [0.29, 0.717) is 13.2 Å². The summed E-state index contributed by atoms with van der Waals surface area (Å²) >= 11 is 5.32. The zero-order valence-corrected chi connectivity index (χ0v) is 13.6. The molecule has 0 fully saturated rings. The van der Waals surface area contributed by atoms with Crippen molar-refractivity contribution >= 4 is 27.3 Å². The third-order valence-corrected chi connectivity index (χ3v) is 5.01. The van der Waals surface area contributed by atoms with Gasteiger partial charge in [-0.1, -0.05) is 13.0 Å². The van der Waals surface area contributed by atoms with Crippen LogP contribution in [-0.4, -0.2) is 19.8 Å². The lowest BCUT2D eigenvalue weighted by Gasteiger charge is -2.22. The van der Waals surface area contributed by atoms with Crippen LogP contribution >= 0.6 is 27.3 Å². The molecule has 1 unspecified atom stereocenters. The maximum Gasteiger partial charge on any atom is 0.161 e. The van der Waals surface area contributed by atoms with Crippen molar-refractivity contribution in [3.63, 3.8) is 0 Å². The molecule has 0 saturated carbocycles. The van der Waals surface area contributed by atoms with Crippen LogP contribution in [0.25, 0.3) is 0 Å². The molecule has 0 saturated heterocycles. The highest BCUT2D eigenvalue weighted by molar-refractivity contribution is 9.10. The molecule has 3 nitrogen and oxygen atoms in total. The lowest BCUT2D eigenvalue weighted by molar-refractivity contribution is 0.171. The Kier molecular flexibility index (Phi) is 4.29. The average Bonchev–Trinajstić information content (AvgIpc) is 2.90. The summed E-state index contributed by atoms with van der Waals surface area (Å²) in [4.78, 5) is 0. The lowest BCUT2D eigenvalue weighted by Crippen LogP contribution is -2.22. The van der Waals surface area contributed by atoms with Crippen LogP contribution in [0.4, 0.5) is 0 Å². The van der Waals surface area contributed by atoms with E-state index in [1.165, 1.54) is 11.1 Å². The molecule has 0 aliphatic carbocycles. The molecule has 5 heteroatoms. The molecule has 0 bridgehead atoms. The van der Waals surface area contributed by atoms with E-state index in [4.69, 9.17) is 9.47 Å². The van der Waals surface area contributed by atoms with Crippen LogP contribution < -0.4 is 14.8 Å². The average molecular weight is 354 g/mol. The van der Waals surface area contributed by atoms with E-state index in [2.05, 4.69) is 51.1 Å². The Morgan fingerprint density at radius 2 is 2.05 bits per heavy atom. The van der Waals surface area contributed by atoms with Gasteiger partial charge in [0, 0.05) is 9.85 Å². The molecular weight excluding hydrogens is 338 g/mol. The molecule has 106 valence electrons. The molecule has 1 N–H and O–H groups in total. The van der Waals surface area contributed by atoms with Gasteiger partial charge in [-0.25, -0.2) is 0 Å². The summed E-state index contributed by atoms with van der Waals surface area (Å²) in [6.07, 6.45) is 0. The van der Waals surface area contributed by atoms with Crippen molar-refractivity contribution in [2.24, 2.45) is 0 Å². The molecule has 2 aromatic rings. The summed E-state index contributed by atoms with van der Waals surface area (Å²) in [6, 6.07) is 6.34. The Morgan fingerprint density at radius 1 is 1.25 bits per heavy atom. The van der Waals surface area contributed by atoms with Gasteiger partial charge in [0.15, 0.2) is 11.5 Å². The van der Waals surface area contributed by atoms with Crippen LogP contribution in [0.5, 0.6) is 11.5 Å². The Labute approximate surface area is 131 Å². The third kappa shape index (κ3) is 2.71. The number of rotatable bonds is 4. The fourth-order valence-corrected chi connectivity index (χ4v) is 3.90. The first-order chi connectivity index (χ1) is 9.79. The van der Waals surface area contributed by atoms with Gasteiger partial charge in [0.2, 0.25) is 0 Å². The lowest BCUT2D eigenvalue weighted by atomic mass is 10.0. The molecule has 1 aromatic carbocycles. The van der Waals surface area contributed by atoms with Crippen LogP contribution in [0, 0.1) is 0 Å². The second-order valence-electron chi connectivity index (χ2n) is 4.57. The van der Waals surface area contributed by atoms with Gasteiger partial charge in [0.25, 0.3) is 0 Å². The fourth-order valence-electron chi connectivity index (χ4n) is 2.35. The molecule has 0 amide bonds. The highest BCUT2D eigenvalue weighted by Crippen LogP contribution is 2.37. The van der Waals surface area contributed by atoms with Crippen LogP contribution in [0.3, 0.4) is 0 Å². The van der Waals surface area contributed by atoms with Crippen molar-refractivity contribution in [3.8, 4) is 11.5 Å². The number of fused-ring (bicyclic) bond motifs is 1. The predicted molar refractivity (Wildman–Crippen MR) is 85.0 cm³/mol. The Balaban J connectivity index is 1.97. The van der Waals surface area contributed by atoms with Gasteiger partial charge in [-0.05, 0) is 51.1 Å². The third-order valence-electron chi connectivity index (χ3n) is 3.26. The quantitative estimate of drug-likeness (QED) is 0.901. The summed E-state index contributed by atoms with van der Waals surface area (Å²) in [5.74, 6) is 1.67. The number of halogens is 1. The minimum Gasteiger partial charge on any atom is -0.486 e. The van der Waals surface area contributed by atoms with Crippen LogP contribution in [-0.2, 0) is 0 Å². The minimum atomic E-state index is 0.163. The van der Waals surface area contributed by atoms with Crippen molar-refractivity contribution in [3.05, 3.63) is 44.6 Å². The molecule has 1 aliphatic rings. The largest absolute Gasteiger partial charge is 0.486 e. The molecule has 3 rings (SSSR count). The van der Waals surface area contributed by atoms with Crippen molar-refractivity contribution in [2.45, 2.75) is 13.0 Å². The van der Waals surface area contributed by atoms with E-state index in [1.54, 1.807) is 11.3 Å². The smallest absolute Gasteiger partial charge is 0.161 e. The molecular formula is C15H16BrNO2S. The minimum absolute atomic E-state index is 0.163. The van der Waals surface area contributed by atoms with Gasteiger partial charge in [-0.3, -0.25) is 0 Å². The summed E-state index contributed by atoms with van der Waals surface area (Å²) in [7, 11) is 0. The number of nitrogens with one attached hydrogen (secondary N) is 1. The van der Waals surface area contributed by atoms with Crippen LogP contribution in [0.1, 0.15) is 24.1 Å². The van der Waals surface area contributed by atoms with Crippen molar-refractivity contribution in [1.29, 1.82) is 0 Å². The maximum atomic E-state index is 5.68. The van der Waals surface area contributed by atoms with Gasteiger partial charge in [-0.2, -0.15) is 11.3 Å². The van der Waals surface area contributed by atoms with Crippen molar-refractivity contribution < 1.29 is 9.47 Å². The molecule has 0 spiro atoms. The summed E-state index contributed by atoms with van der Waals surface area (Å²) < 4.78 is 12.4. The summed E-state index contributed by atoms with van der Waals surface area (Å²) in [5, 5.41) is 7.81. The van der Waals surface area contributed by atoms with Crippen LogP contribution in [0.2, 0.25) is 0 Å².